The quantitative estimate of drug-likeness (QED) is 0.835. The van der Waals surface area contributed by atoms with Crippen molar-refractivity contribution in [3.63, 3.8) is 0 Å². The number of fused-ring (bicyclic) bond motifs is 1. The van der Waals surface area contributed by atoms with Crippen LogP contribution in [0, 0.1) is 20.8 Å². The van der Waals surface area contributed by atoms with Crippen LogP contribution in [0.4, 0.5) is 0 Å². The summed E-state index contributed by atoms with van der Waals surface area (Å²) in [4.78, 5) is 12.9. The van der Waals surface area contributed by atoms with Crippen LogP contribution >= 0.6 is 0 Å². The van der Waals surface area contributed by atoms with Crippen LogP contribution in [0.2, 0.25) is 0 Å². The lowest BCUT2D eigenvalue weighted by Gasteiger charge is -2.14. The van der Waals surface area contributed by atoms with Crippen LogP contribution in [0.25, 0.3) is 18.2 Å². The van der Waals surface area contributed by atoms with Crippen LogP contribution in [-0.4, -0.2) is 4.40 Å². The van der Waals surface area contributed by atoms with Crippen molar-refractivity contribution in [3.05, 3.63) is 50.1 Å². The Bertz CT molecular complexity index is 796. The minimum absolute atomic E-state index is 0.105. The van der Waals surface area contributed by atoms with Crippen LogP contribution in [0.1, 0.15) is 54.1 Å². The molecule has 1 unspecified atom stereocenters. The summed E-state index contributed by atoms with van der Waals surface area (Å²) >= 11 is 0. The van der Waals surface area contributed by atoms with E-state index in [1.54, 1.807) is 0 Å². The molecule has 2 aromatic heterocycles. The molecule has 0 fully saturated rings. The van der Waals surface area contributed by atoms with Gasteiger partial charge in [0.05, 0.1) is 5.52 Å². The Balaban J connectivity index is 3.12. The molecule has 2 rings (SSSR count). The molecule has 0 amide bonds. The molecule has 0 aliphatic carbocycles. The number of rotatable bonds is 3. The summed E-state index contributed by atoms with van der Waals surface area (Å²) in [6.07, 6.45) is 2.78. The van der Waals surface area contributed by atoms with Crippen molar-refractivity contribution in [2.45, 2.75) is 47.0 Å². The van der Waals surface area contributed by atoms with E-state index in [9.17, 15) is 4.79 Å². The van der Waals surface area contributed by atoms with Crippen LogP contribution in [0.15, 0.2) is 11.4 Å². The maximum absolute atomic E-state index is 12.9. The van der Waals surface area contributed by atoms with Gasteiger partial charge in [-0.2, -0.15) is 0 Å². The fraction of sp³-hybridized carbons (Fsp3) is 0.389. The second-order valence-corrected chi connectivity index (χ2v) is 5.64. The number of aromatic nitrogens is 1. The first-order chi connectivity index (χ1) is 9.36. The molecule has 0 spiro atoms. The van der Waals surface area contributed by atoms with Crippen molar-refractivity contribution in [1.82, 2.24) is 4.40 Å². The first-order valence-corrected chi connectivity index (χ1v) is 7.16. The Labute approximate surface area is 120 Å². The second-order valence-electron chi connectivity index (χ2n) is 5.64. The fourth-order valence-corrected chi connectivity index (χ4v) is 3.18. The van der Waals surface area contributed by atoms with Crippen LogP contribution in [-0.2, 0) is 0 Å². The standard InChI is InChI=1S/C18H23NO/c1-8-10(3)16-11(4)12(5)17-13(6)15(9-2)14(7)19(17)18(16)20/h9-10H,2,5,8H2,1,3-4,6-7H3. The lowest BCUT2D eigenvalue weighted by atomic mass is 9.94. The van der Waals surface area contributed by atoms with Gasteiger partial charge >= 0.3 is 0 Å². The molecule has 0 bridgehead atoms. The number of nitrogens with zero attached hydrogens (tertiary/aromatic N) is 1. The van der Waals surface area contributed by atoms with Crippen molar-refractivity contribution in [3.8, 4) is 0 Å². The van der Waals surface area contributed by atoms with Gasteiger partial charge in [0.15, 0.2) is 0 Å². The topological polar surface area (TPSA) is 21.5 Å². The molecule has 2 aromatic rings. The smallest absolute Gasteiger partial charge is 0.259 e. The van der Waals surface area contributed by atoms with Crippen LogP contribution in [0.5, 0.6) is 0 Å². The molecular weight excluding hydrogens is 246 g/mol. The molecule has 0 aliphatic rings. The van der Waals surface area contributed by atoms with Gasteiger partial charge < -0.3 is 0 Å². The maximum Gasteiger partial charge on any atom is 0.259 e. The molecule has 106 valence electrons. The third kappa shape index (κ3) is 1.75. The summed E-state index contributed by atoms with van der Waals surface area (Å²) in [5, 5.41) is 0.966. The van der Waals surface area contributed by atoms with E-state index in [4.69, 9.17) is 0 Å². The summed E-state index contributed by atoms with van der Waals surface area (Å²) in [5.41, 5.74) is 6.10. The number of hydrogen-bond acceptors (Lipinski definition) is 1. The summed E-state index contributed by atoms with van der Waals surface area (Å²) in [6.45, 7) is 18.3. The molecular formula is C18H23NO. The van der Waals surface area contributed by atoms with E-state index in [2.05, 4.69) is 27.0 Å². The van der Waals surface area contributed by atoms with E-state index in [1.807, 2.05) is 31.2 Å². The van der Waals surface area contributed by atoms with E-state index in [0.717, 1.165) is 45.1 Å². The molecule has 0 radical (unpaired) electrons. The number of hydrogen-bond donors (Lipinski definition) is 0. The van der Waals surface area contributed by atoms with E-state index in [1.165, 1.54) is 0 Å². The van der Waals surface area contributed by atoms with Gasteiger partial charge in [-0.1, -0.05) is 33.1 Å². The summed E-state index contributed by atoms with van der Waals surface area (Å²) in [7, 11) is 0. The maximum atomic E-state index is 12.9. The molecule has 2 nitrogen and oxygen atoms in total. The van der Waals surface area contributed by atoms with Crippen LogP contribution in [0.3, 0.4) is 0 Å². The van der Waals surface area contributed by atoms with Gasteiger partial charge in [0, 0.05) is 11.3 Å². The molecule has 0 saturated carbocycles. The Morgan fingerprint density at radius 1 is 1.25 bits per heavy atom. The summed E-state index contributed by atoms with van der Waals surface area (Å²) in [6, 6.07) is 0. The molecule has 1 atom stereocenters. The average molecular weight is 269 g/mol. The Morgan fingerprint density at radius 3 is 2.35 bits per heavy atom. The molecule has 0 aromatic carbocycles. The van der Waals surface area contributed by atoms with Gasteiger partial charge in [-0.3, -0.25) is 9.20 Å². The van der Waals surface area contributed by atoms with Crippen molar-refractivity contribution in [2.75, 3.05) is 0 Å². The largest absolute Gasteiger partial charge is 0.280 e. The molecule has 2 heterocycles. The average Bonchev–Trinajstić information content (AvgIpc) is 2.67. The Hall–Kier alpha value is -1.83. The predicted octanol–water partition coefficient (Wildman–Crippen LogP) is 3.51. The van der Waals surface area contributed by atoms with Gasteiger partial charge in [-0.15, -0.1) is 0 Å². The lowest BCUT2D eigenvalue weighted by molar-refractivity contribution is 0.711. The van der Waals surface area contributed by atoms with Gasteiger partial charge in [-0.25, -0.2) is 0 Å². The first-order valence-electron chi connectivity index (χ1n) is 7.16. The highest BCUT2D eigenvalue weighted by molar-refractivity contribution is 5.71. The summed E-state index contributed by atoms with van der Waals surface area (Å²) in [5.74, 6) is 0.252. The minimum atomic E-state index is 0.105. The van der Waals surface area contributed by atoms with Crippen LogP contribution < -0.4 is 10.8 Å². The lowest BCUT2D eigenvalue weighted by Crippen LogP contribution is -2.28. The van der Waals surface area contributed by atoms with Crippen molar-refractivity contribution < 1.29 is 0 Å². The summed E-state index contributed by atoms with van der Waals surface area (Å²) < 4.78 is 1.82. The molecule has 0 N–H and O–H groups in total. The third-order valence-electron chi connectivity index (χ3n) is 4.59. The van der Waals surface area contributed by atoms with Gasteiger partial charge in [-0.05, 0) is 55.0 Å². The van der Waals surface area contributed by atoms with E-state index >= 15 is 0 Å². The van der Waals surface area contributed by atoms with Gasteiger partial charge in [0.25, 0.3) is 5.56 Å². The zero-order chi connectivity index (χ0) is 15.2. The number of aryl methyl sites for hydroxylation is 2. The van der Waals surface area contributed by atoms with E-state index in [0.29, 0.717) is 0 Å². The normalized spacial score (nSPS) is 12.8. The third-order valence-corrected chi connectivity index (χ3v) is 4.59. The zero-order valence-corrected chi connectivity index (χ0v) is 13.1. The highest BCUT2D eigenvalue weighted by atomic mass is 16.1. The zero-order valence-electron chi connectivity index (χ0n) is 13.1. The SMILES string of the molecule is C=Cc1c(C)c2c(=C)c(C)c(C(C)CC)c(=O)n2c1C. The van der Waals surface area contributed by atoms with Crippen molar-refractivity contribution in [1.29, 1.82) is 0 Å². The minimum Gasteiger partial charge on any atom is -0.280 e. The van der Waals surface area contributed by atoms with Gasteiger partial charge in [0.1, 0.15) is 0 Å². The Morgan fingerprint density at radius 2 is 1.85 bits per heavy atom. The van der Waals surface area contributed by atoms with Crippen molar-refractivity contribution in [2.24, 2.45) is 0 Å². The Kier molecular flexibility index (Phi) is 3.59. The molecule has 2 heteroatoms. The number of pyridine rings is 1. The van der Waals surface area contributed by atoms with E-state index < -0.39 is 0 Å². The van der Waals surface area contributed by atoms with Gasteiger partial charge in [0.2, 0.25) is 0 Å². The van der Waals surface area contributed by atoms with E-state index in [-0.39, 0.29) is 11.5 Å². The first kappa shape index (κ1) is 14.6. The van der Waals surface area contributed by atoms with Crippen molar-refractivity contribution >= 4 is 18.2 Å². The predicted molar refractivity (Wildman–Crippen MR) is 87.4 cm³/mol. The highest BCUT2D eigenvalue weighted by Gasteiger charge is 2.20. The fourth-order valence-electron chi connectivity index (χ4n) is 3.18. The molecule has 20 heavy (non-hydrogen) atoms. The molecule has 0 aliphatic heterocycles. The second kappa shape index (κ2) is 4.93. The monoisotopic (exact) mass is 269 g/mol. The highest BCUT2D eigenvalue weighted by Crippen LogP contribution is 2.23. The molecule has 0 saturated heterocycles.